The van der Waals surface area contributed by atoms with Gasteiger partial charge in [0.05, 0.1) is 18.9 Å². The lowest BCUT2D eigenvalue weighted by molar-refractivity contribution is -0.164. The predicted molar refractivity (Wildman–Crippen MR) is 94.9 cm³/mol. The lowest BCUT2D eigenvalue weighted by atomic mass is 9.99. The highest BCUT2D eigenvalue weighted by molar-refractivity contribution is 7.92. The summed E-state index contributed by atoms with van der Waals surface area (Å²) < 4.78 is 30.5. The molecule has 1 fully saturated rings. The first kappa shape index (κ1) is 20.1. The van der Waals surface area contributed by atoms with Crippen LogP contribution in [-0.4, -0.2) is 81.3 Å². The fourth-order valence-corrected chi connectivity index (χ4v) is 3.23. The minimum Gasteiger partial charge on any atom is -0.394 e. The maximum absolute atomic E-state index is 12.2. The molecule has 2 atom stereocenters. The Balaban J connectivity index is 2.22. The molecule has 1 saturated heterocycles. The van der Waals surface area contributed by atoms with Gasteiger partial charge in [-0.05, 0) is 17.7 Å². The topological polar surface area (TPSA) is 116 Å². The van der Waals surface area contributed by atoms with Crippen LogP contribution in [0.4, 0.5) is 5.69 Å². The average Bonchev–Trinajstić information content (AvgIpc) is 2.55. The number of likely N-dealkylation sites (N-methyl/N-ethyl adjacent to an activating group) is 1. The summed E-state index contributed by atoms with van der Waals surface area (Å²) >= 11 is 0. The molecule has 2 N–H and O–H groups in total. The zero-order valence-electron chi connectivity index (χ0n) is 14.9. The number of aliphatic hydroxyl groups excluding tert-OH is 1. The Kier molecular flexibility index (Phi) is 6.21. The summed E-state index contributed by atoms with van der Waals surface area (Å²) in [5.74, 6) is -0.629. The fraction of sp³-hybridized carbons (Fsp3) is 0.500. The standard InChI is InChI=1S/C16H23N3O6S/c1-18(2)14(21)8-19-13(9-20)16(25-10-15(19)22)11-4-6-12(7-5-11)17-26(3,23)24/h4-7,13,16-17,20H,8-10H2,1-3H3. The van der Waals surface area contributed by atoms with Crippen LogP contribution in [0.1, 0.15) is 11.7 Å². The number of morpholine rings is 1. The molecule has 0 aromatic heterocycles. The van der Waals surface area contributed by atoms with E-state index in [1.54, 1.807) is 38.4 Å². The van der Waals surface area contributed by atoms with Crippen molar-refractivity contribution in [2.75, 3.05) is 44.8 Å². The molecule has 144 valence electrons. The lowest BCUT2D eigenvalue weighted by Gasteiger charge is -2.40. The normalized spacial score (nSPS) is 20.8. The molecule has 1 heterocycles. The maximum Gasteiger partial charge on any atom is 0.249 e. The quantitative estimate of drug-likeness (QED) is 0.676. The third-order valence-corrected chi connectivity index (χ3v) is 4.60. The number of aliphatic hydroxyl groups is 1. The summed E-state index contributed by atoms with van der Waals surface area (Å²) in [6, 6.07) is 5.74. The summed E-state index contributed by atoms with van der Waals surface area (Å²) in [6.07, 6.45) is 0.429. The second-order valence-electron chi connectivity index (χ2n) is 6.29. The van der Waals surface area contributed by atoms with Gasteiger partial charge in [0.1, 0.15) is 19.3 Å². The minimum absolute atomic E-state index is 0.148. The molecular weight excluding hydrogens is 362 g/mol. The highest BCUT2D eigenvalue weighted by Crippen LogP contribution is 2.30. The molecule has 26 heavy (non-hydrogen) atoms. The van der Waals surface area contributed by atoms with Crippen LogP contribution >= 0.6 is 0 Å². The van der Waals surface area contributed by atoms with E-state index in [9.17, 15) is 23.1 Å². The van der Waals surface area contributed by atoms with Gasteiger partial charge in [-0.25, -0.2) is 8.42 Å². The smallest absolute Gasteiger partial charge is 0.249 e. The molecule has 0 radical (unpaired) electrons. The van der Waals surface area contributed by atoms with Crippen LogP contribution in [0, 0.1) is 0 Å². The lowest BCUT2D eigenvalue weighted by Crippen LogP contribution is -2.55. The average molecular weight is 385 g/mol. The molecular formula is C16H23N3O6S. The molecule has 9 nitrogen and oxygen atoms in total. The Morgan fingerprint density at radius 1 is 1.35 bits per heavy atom. The molecule has 2 amide bonds. The van der Waals surface area contributed by atoms with Crippen LogP contribution < -0.4 is 4.72 Å². The summed E-state index contributed by atoms with van der Waals surface area (Å²) in [5.41, 5.74) is 1.06. The Bertz CT molecular complexity index is 763. The molecule has 0 spiro atoms. The van der Waals surface area contributed by atoms with Crippen LogP contribution in [0.15, 0.2) is 24.3 Å². The van der Waals surface area contributed by atoms with E-state index >= 15 is 0 Å². The van der Waals surface area contributed by atoms with E-state index in [0.29, 0.717) is 11.3 Å². The first-order valence-corrected chi connectivity index (χ1v) is 9.81. The highest BCUT2D eigenvalue weighted by atomic mass is 32.2. The monoisotopic (exact) mass is 385 g/mol. The predicted octanol–water partition coefficient (Wildman–Crippen LogP) is -0.593. The largest absolute Gasteiger partial charge is 0.394 e. The molecule has 1 aromatic carbocycles. The Morgan fingerprint density at radius 3 is 2.46 bits per heavy atom. The van der Waals surface area contributed by atoms with Crippen LogP contribution in [0.3, 0.4) is 0 Å². The molecule has 1 aliphatic heterocycles. The van der Waals surface area contributed by atoms with Crippen LogP contribution in [0.5, 0.6) is 0 Å². The van der Waals surface area contributed by atoms with E-state index in [-0.39, 0.29) is 31.6 Å². The zero-order valence-corrected chi connectivity index (χ0v) is 15.7. The summed E-state index contributed by atoms with van der Waals surface area (Å²) in [6.45, 7) is -0.726. The van der Waals surface area contributed by atoms with Gasteiger partial charge in [-0.2, -0.15) is 0 Å². The number of hydrogen-bond donors (Lipinski definition) is 2. The van der Waals surface area contributed by atoms with E-state index in [1.807, 2.05) is 0 Å². The molecule has 10 heteroatoms. The second-order valence-corrected chi connectivity index (χ2v) is 8.04. The maximum atomic E-state index is 12.2. The summed E-state index contributed by atoms with van der Waals surface area (Å²) in [4.78, 5) is 26.8. The van der Waals surface area contributed by atoms with Crippen LogP contribution in [0.25, 0.3) is 0 Å². The van der Waals surface area contributed by atoms with Crippen LogP contribution in [-0.2, 0) is 24.3 Å². The number of nitrogens with zero attached hydrogens (tertiary/aromatic N) is 2. The van der Waals surface area contributed by atoms with Crippen molar-refractivity contribution in [3.05, 3.63) is 29.8 Å². The minimum atomic E-state index is -3.38. The van der Waals surface area contributed by atoms with Gasteiger partial charge < -0.3 is 19.6 Å². The van der Waals surface area contributed by atoms with E-state index in [1.165, 1.54) is 9.80 Å². The number of hydrogen-bond acceptors (Lipinski definition) is 6. The van der Waals surface area contributed by atoms with Crippen molar-refractivity contribution >= 4 is 27.5 Å². The van der Waals surface area contributed by atoms with Crippen molar-refractivity contribution in [3.8, 4) is 0 Å². The van der Waals surface area contributed by atoms with Gasteiger partial charge in [0.2, 0.25) is 21.8 Å². The van der Waals surface area contributed by atoms with Gasteiger partial charge in [-0.15, -0.1) is 0 Å². The molecule has 0 aliphatic carbocycles. The number of nitrogens with one attached hydrogen (secondary N) is 1. The zero-order chi connectivity index (χ0) is 19.5. The second kappa shape index (κ2) is 8.02. The first-order valence-electron chi connectivity index (χ1n) is 7.92. The Labute approximate surface area is 152 Å². The number of sulfonamides is 1. The van der Waals surface area contributed by atoms with Crippen LogP contribution in [0.2, 0.25) is 0 Å². The van der Waals surface area contributed by atoms with Gasteiger partial charge in [0.15, 0.2) is 0 Å². The molecule has 1 aromatic rings. The highest BCUT2D eigenvalue weighted by Gasteiger charge is 2.38. The van der Waals surface area contributed by atoms with Gasteiger partial charge in [-0.1, -0.05) is 12.1 Å². The van der Waals surface area contributed by atoms with Crippen molar-refractivity contribution in [2.45, 2.75) is 12.1 Å². The third-order valence-electron chi connectivity index (χ3n) is 3.99. The first-order chi connectivity index (χ1) is 12.1. The molecule has 2 rings (SSSR count). The number of anilines is 1. The molecule has 0 bridgehead atoms. The summed E-state index contributed by atoms with van der Waals surface area (Å²) in [7, 11) is -0.205. The number of ether oxygens (including phenoxy) is 1. The Hall–Kier alpha value is -2.17. The van der Waals surface area contributed by atoms with Crippen molar-refractivity contribution in [3.63, 3.8) is 0 Å². The SMILES string of the molecule is CN(C)C(=O)CN1C(=O)COC(c2ccc(NS(C)(=O)=O)cc2)C1CO. The van der Waals surface area contributed by atoms with Crippen molar-refractivity contribution in [2.24, 2.45) is 0 Å². The summed E-state index contributed by atoms with van der Waals surface area (Å²) in [5, 5.41) is 9.78. The van der Waals surface area contributed by atoms with Gasteiger partial charge in [0.25, 0.3) is 0 Å². The molecule has 1 aliphatic rings. The van der Waals surface area contributed by atoms with E-state index in [0.717, 1.165) is 6.26 Å². The van der Waals surface area contributed by atoms with E-state index in [4.69, 9.17) is 4.74 Å². The number of benzene rings is 1. The number of amides is 2. The number of carbonyl (C=O) groups excluding carboxylic acids is 2. The Morgan fingerprint density at radius 2 is 1.96 bits per heavy atom. The third kappa shape index (κ3) is 4.93. The molecule has 0 saturated carbocycles. The van der Waals surface area contributed by atoms with E-state index in [2.05, 4.69) is 4.72 Å². The van der Waals surface area contributed by atoms with Crippen molar-refractivity contribution in [1.29, 1.82) is 0 Å². The number of rotatable bonds is 6. The fourth-order valence-electron chi connectivity index (χ4n) is 2.66. The number of carbonyl (C=O) groups is 2. The van der Waals surface area contributed by atoms with Crippen molar-refractivity contribution < 1.29 is 27.9 Å². The molecule has 2 unspecified atom stereocenters. The van der Waals surface area contributed by atoms with Gasteiger partial charge >= 0.3 is 0 Å². The van der Waals surface area contributed by atoms with Crippen molar-refractivity contribution in [1.82, 2.24) is 9.80 Å². The van der Waals surface area contributed by atoms with E-state index < -0.39 is 22.2 Å². The van der Waals surface area contributed by atoms with Gasteiger partial charge in [0, 0.05) is 19.8 Å². The van der Waals surface area contributed by atoms with Gasteiger partial charge in [-0.3, -0.25) is 14.3 Å².